The normalized spacial score (nSPS) is 15.6. The van der Waals surface area contributed by atoms with Gasteiger partial charge >= 0.3 is 0 Å². The number of hydrogen-bond donors (Lipinski definition) is 1. The van der Waals surface area contributed by atoms with Crippen molar-refractivity contribution < 1.29 is 14.6 Å². The summed E-state index contributed by atoms with van der Waals surface area (Å²) in [6, 6.07) is 5.90. The fourth-order valence-corrected chi connectivity index (χ4v) is 2.63. The lowest BCUT2D eigenvalue weighted by Gasteiger charge is -2.27. The van der Waals surface area contributed by atoms with Gasteiger partial charge in [-0.25, -0.2) is 4.98 Å². The summed E-state index contributed by atoms with van der Waals surface area (Å²) in [6.07, 6.45) is 0. The zero-order valence-electron chi connectivity index (χ0n) is 12.1. The number of rotatable bonds is 3. The van der Waals surface area contributed by atoms with Crippen molar-refractivity contribution in [2.75, 3.05) is 26.3 Å². The molecule has 1 saturated heterocycles. The maximum Gasteiger partial charge on any atom is 0.242 e. The van der Waals surface area contributed by atoms with Crippen molar-refractivity contribution in [3.05, 3.63) is 29.6 Å². The lowest BCUT2D eigenvalue weighted by Crippen LogP contribution is -2.42. The Morgan fingerprint density at radius 3 is 2.86 bits per heavy atom. The topological polar surface area (TPSA) is 67.6 Å². The predicted molar refractivity (Wildman–Crippen MR) is 77.8 cm³/mol. The van der Waals surface area contributed by atoms with E-state index in [2.05, 4.69) is 4.98 Å². The van der Waals surface area contributed by atoms with Gasteiger partial charge < -0.3 is 19.3 Å². The van der Waals surface area contributed by atoms with Crippen LogP contribution in [0.15, 0.2) is 18.2 Å². The first-order valence-corrected chi connectivity index (χ1v) is 7.11. The Hall–Kier alpha value is -1.92. The molecule has 2 heterocycles. The number of amides is 1. The largest absolute Gasteiger partial charge is 0.388 e. The van der Waals surface area contributed by atoms with Crippen LogP contribution < -0.4 is 0 Å². The average Bonchev–Trinajstić information content (AvgIpc) is 2.85. The molecule has 0 atom stereocenters. The summed E-state index contributed by atoms with van der Waals surface area (Å²) in [5.41, 5.74) is 2.80. The first-order chi connectivity index (χ1) is 10.2. The standard InChI is InChI=1S/C15H19N3O3/c1-11-2-3-13-12(8-11)16-14(10-19)18(13)9-15(20)17-4-6-21-7-5-17/h2-3,8,19H,4-7,9-10H2,1H3. The maximum atomic E-state index is 12.4. The van der Waals surface area contributed by atoms with Crippen molar-refractivity contribution >= 4 is 16.9 Å². The quantitative estimate of drug-likeness (QED) is 0.903. The molecular formula is C15H19N3O3. The first kappa shape index (κ1) is 14.0. The van der Waals surface area contributed by atoms with E-state index in [0.29, 0.717) is 32.1 Å². The zero-order valence-corrected chi connectivity index (χ0v) is 12.1. The molecule has 1 aromatic carbocycles. The minimum atomic E-state index is -0.176. The number of aliphatic hydroxyl groups is 1. The molecule has 0 bridgehead atoms. The highest BCUT2D eigenvalue weighted by Crippen LogP contribution is 2.18. The lowest BCUT2D eigenvalue weighted by atomic mass is 10.2. The Morgan fingerprint density at radius 2 is 2.14 bits per heavy atom. The SMILES string of the molecule is Cc1ccc2c(c1)nc(CO)n2CC(=O)N1CCOCC1. The van der Waals surface area contributed by atoms with Crippen molar-refractivity contribution in [1.82, 2.24) is 14.5 Å². The first-order valence-electron chi connectivity index (χ1n) is 7.11. The molecule has 1 aliphatic rings. The molecule has 0 radical (unpaired) electrons. The van der Waals surface area contributed by atoms with Crippen LogP contribution >= 0.6 is 0 Å². The third-order valence-corrected chi connectivity index (χ3v) is 3.78. The number of aliphatic hydroxyl groups excluding tert-OH is 1. The number of aryl methyl sites for hydroxylation is 1. The number of imidazole rings is 1. The zero-order chi connectivity index (χ0) is 14.8. The molecule has 1 aliphatic heterocycles. The minimum Gasteiger partial charge on any atom is -0.388 e. The molecule has 3 rings (SSSR count). The van der Waals surface area contributed by atoms with E-state index in [1.54, 1.807) is 9.47 Å². The second kappa shape index (κ2) is 5.83. The van der Waals surface area contributed by atoms with Crippen LogP contribution in [0.2, 0.25) is 0 Å². The molecular weight excluding hydrogens is 270 g/mol. The van der Waals surface area contributed by atoms with Gasteiger partial charge in [0.1, 0.15) is 19.0 Å². The number of nitrogens with zero attached hydrogens (tertiary/aromatic N) is 3. The fraction of sp³-hybridized carbons (Fsp3) is 0.467. The molecule has 0 saturated carbocycles. The number of carbonyl (C=O) groups excluding carboxylic acids is 1. The second-order valence-electron chi connectivity index (χ2n) is 5.26. The van der Waals surface area contributed by atoms with E-state index in [0.717, 1.165) is 16.6 Å². The summed E-state index contributed by atoms with van der Waals surface area (Å²) >= 11 is 0. The van der Waals surface area contributed by atoms with E-state index in [9.17, 15) is 9.90 Å². The average molecular weight is 289 g/mol. The Bertz CT molecular complexity index is 659. The molecule has 1 aromatic heterocycles. The van der Waals surface area contributed by atoms with Gasteiger partial charge in [-0.05, 0) is 24.6 Å². The van der Waals surface area contributed by atoms with E-state index in [1.807, 2.05) is 25.1 Å². The number of carbonyl (C=O) groups is 1. The molecule has 1 amide bonds. The van der Waals surface area contributed by atoms with E-state index < -0.39 is 0 Å². The van der Waals surface area contributed by atoms with Crippen LogP contribution in [-0.2, 0) is 22.7 Å². The monoisotopic (exact) mass is 289 g/mol. The van der Waals surface area contributed by atoms with Crippen LogP contribution in [0.1, 0.15) is 11.4 Å². The number of hydrogen-bond acceptors (Lipinski definition) is 4. The summed E-state index contributed by atoms with van der Waals surface area (Å²) < 4.78 is 7.06. The van der Waals surface area contributed by atoms with Crippen molar-refractivity contribution in [1.29, 1.82) is 0 Å². The highest BCUT2D eigenvalue weighted by atomic mass is 16.5. The summed E-state index contributed by atoms with van der Waals surface area (Å²) in [6.45, 7) is 4.44. The van der Waals surface area contributed by atoms with Crippen molar-refractivity contribution in [2.24, 2.45) is 0 Å². The summed E-state index contributed by atoms with van der Waals surface area (Å²) in [4.78, 5) is 18.6. The van der Waals surface area contributed by atoms with Crippen LogP contribution in [-0.4, -0.2) is 51.8 Å². The van der Waals surface area contributed by atoms with Gasteiger partial charge in [-0.2, -0.15) is 0 Å². The number of aromatic nitrogens is 2. The summed E-state index contributed by atoms with van der Waals surface area (Å²) in [5, 5.41) is 9.48. The summed E-state index contributed by atoms with van der Waals surface area (Å²) in [7, 11) is 0. The van der Waals surface area contributed by atoms with E-state index >= 15 is 0 Å². The van der Waals surface area contributed by atoms with Crippen LogP contribution in [0.25, 0.3) is 11.0 Å². The lowest BCUT2D eigenvalue weighted by molar-refractivity contribution is -0.135. The second-order valence-corrected chi connectivity index (χ2v) is 5.26. The fourth-order valence-electron chi connectivity index (χ4n) is 2.63. The smallest absolute Gasteiger partial charge is 0.242 e. The molecule has 6 nitrogen and oxygen atoms in total. The molecule has 0 spiro atoms. The van der Waals surface area contributed by atoms with Gasteiger partial charge in [0.05, 0.1) is 24.2 Å². The van der Waals surface area contributed by atoms with Gasteiger partial charge in [0.15, 0.2) is 0 Å². The molecule has 1 fully saturated rings. The van der Waals surface area contributed by atoms with E-state index in [4.69, 9.17) is 4.74 Å². The maximum absolute atomic E-state index is 12.4. The molecule has 21 heavy (non-hydrogen) atoms. The Kier molecular flexibility index (Phi) is 3.90. The third-order valence-electron chi connectivity index (χ3n) is 3.78. The van der Waals surface area contributed by atoms with Crippen LogP contribution in [0, 0.1) is 6.92 Å². The number of benzene rings is 1. The van der Waals surface area contributed by atoms with Gasteiger partial charge in [-0.1, -0.05) is 6.07 Å². The third kappa shape index (κ3) is 2.77. The number of morpholine rings is 1. The van der Waals surface area contributed by atoms with Gasteiger partial charge in [0.25, 0.3) is 0 Å². The van der Waals surface area contributed by atoms with Crippen LogP contribution in [0.4, 0.5) is 0 Å². The number of fused-ring (bicyclic) bond motifs is 1. The minimum absolute atomic E-state index is 0.0351. The van der Waals surface area contributed by atoms with Crippen molar-refractivity contribution in [2.45, 2.75) is 20.1 Å². The van der Waals surface area contributed by atoms with Gasteiger partial charge in [0.2, 0.25) is 5.91 Å². The number of ether oxygens (including phenoxy) is 1. The highest BCUT2D eigenvalue weighted by molar-refractivity contribution is 5.81. The van der Waals surface area contributed by atoms with E-state index in [-0.39, 0.29) is 19.1 Å². The van der Waals surface area contributed by atoms with Gasteiger partial charge in [-0.3, -0.25) is 4.79 Å². The molecule has 1 N–H and O–H groups in total. The Morgan fingerprint density at radius 1 is 1.38 bits per heavy atom. The van der Waals surface area contributed by atoms with Crippen molar-refractivity contribution in [3.8, 4) is 0 Å². The molecule has 0 aliphatic carbocycles. The summed E-state index contributed by atoms with van der Waals surface area (Å²) in [5.74, 6) is 0.560. The van der Waals surface area contributed by atoms with Gasteiger partial charge in [0, 0.05) is 13.1 Å². The predicted octanol–water partition coefficient (Wildman–Crippen LogP) is 0.696. The van der Waals surface area contributed by atoms with Gasteiger partial charge in [-0.15, -0.1) is 0 Å². The van der Waals surface area contributed by atoms with Crippen LogP contribution in [0.3, 0.4) is 0 Å². The molecule has 0 unspecified atom stereocenters. The van der Waals surface area contributed by atoms with Crippen LogP contribution in [0.5, 0.6) is 0 Å². The highest BCUT2D eigenvalue weighted by Gasteiger charge is 2.19. The van der Waals surface area contributed by atoms with Crippen molar-refractivity contribution in [3.63, 3.8) is 0 Å². The molecule has 6 heteroatoms. The van der Waals surface area contributed by atoms with E-state index in [1.165, 1.54) is 0 Å². The molecule has 2 aromatic rings. The Labute approximate surface area is 122 Å². The molecule has 112 valence electrons. The Balaban J connectivity index is 1.89.